The second-order valence-corrected chi connectivity index (χ2v) is 4.36. The highest BCUT2D eigenvalue weighted by Crippen LogP contribution is 2.29. The van der Waals surface area contributed by atoms with Crippen molar-refractivity contribution >= 4 is 21.6 Å². The first-order chi connectivity index (χ1) is 9.20. The van der Waals surface area contributed by atoms with Crippen molar-refractivity contribution in [1.82, 2.24) is 4.98 Å². The molecule has 0 spiro atoms. The third kappa shape index (κ3) is 3.51. The highest BCUT2D eigenvalue weighted by Gasteiger charge is 2.15. The molecule has 0 saturated heterocycles. The van der Waals surface area contributed by atoms with Crippen molar-refractivity contribution in [3.8, 4) is 5.75 Å². The lowest BCUT2D eigenvalue weighted by Crippen LogP contribution is -2.01. The van der Waals surface area contributed by atoms with E-state index in [2.05, 4.69) is 20.9 Å². The summed E-state index contributed by atoms with van der Waals surface area (Å²) < 4.78 is 5.46. The van der Waals surface area contributed by atoms with Gasteiger partial charge in [0.1, 0.15) is 6.61 Å². The van der Waals surface area contributed by atoms with Crippen LogP contribution in [0.4, 0.5) is 5.69 Å². The number of hydrogen-bond donors (Lipinski definition) is 0. The van der Waals surface area contributed by atoms with Crippen molar-refractivity contribution in [2.24, 2.45) is 0 Å². The monoisotopic (exact) mass is 322 g/mol. The maximum Gasteiger partial charge on any atom is 0.311 e. The van der Waals surface area contributed by atoms with Gasteiger partial charge < -0.3 is 4.74 Å². The maximum atomic E-state index is 11.0. The van der Waals surface area contributed by atoms with Crippen molar-refractivity contribution in [3.05, 3.63) is 64.0 Å². The number of halogens is 1. The average Bonchev–Trinajstić information content (AvgIpc) is 2.46. The quantitative estimate of drug-likeness (QED) is 0.480. The van der Waals surface area contributed by atoms with Crippen LogP contribution in [-0.4, -0.2) is 9.91 Å². The van der Waals surface area contributed by atoms with Gasteiger partial charge in [-0.25, -0.2) is 0 Å². The third-order valence-electron chi connectivity index (χ3n) is 2.48. The van der Waals surface area contributed by atoms with E-state index < -0.39 is 4.92 Å². The summed E-state index contributed by atoms with van der Waals surface area (Å²) in [5, 5.41) is 11.6. The number of pyridine rings is 1. The minimum atomic E-state index is -0.445. The zero-order valence-corrected chi connectivity index (χ0v) is 11.5. The Hall–Kier alpha value is -1.95. The van der Waals surface area contributed by atoms with E-state index in [-0.39, 0.29) is 18.0 Å². The lowest BCUT2D eigenvalue weighted by molar-refractivity contribution is -0.386. The Morgan fingerprint density at radius 3 is 2.79 bits per heavy atom. The first-order valence-electron chi connectivity index (χ1n) is 5.56. The largest absolute Gasteiger partial charge is 0.480 e. The van der Waals surface area contributed by atoms with E-state index in [1.807, 2.05) is 6.07 Å². The molecule has 0 radical (unpaired) electrons. The number of benzene rings is 1. The molecule has 0 aliphatic rings. The summed E-state index contributed by atoms with van der Waals surface area (Å²) in [5.74, 6) is 0.250. The van der Waals surface area contributed by atoms with Crippen LogP contribution in [0.3, 0.4) is 0 Å². The molecule has 2 rings (SSSR count). The number of hydrogen-bond acceptors (Lipinski definition) is 4. The van der Waals surface area contributed by atoms with E-state index in [4.69, 9.17) is 4.74 Å². The standard InChI is InChI=1S/C13H11BrN2O3/c14-8-10-4-5-13(12(7-10)16(17)18)19-9-11-3-1-2-6-15-11/h1-7H,8-9H2. The molecule has 0 fully saturated rings. The summed E-state index contributed by atoms with van der Waals surface area (Å²) in [6, 6.07) is 10.3. The van der Waals surface area contributed by atoms with Gasteiger partial charge in [-0.15, -0.1) is 0 Å². The smallest absolute Gasteiger partial charge is 0.311 e. The fraction of sp³-hybridized carbons (Fsp3) is 0.154. The predicted octanol–water partition coefficient (Wildman–Crippen LogP) is 3.46. The molecule has 98 valence electrons. The summed E-state index contributed by atoms with van der Waals surface area (Å²) in [6.45, 7) is 0.204. The van der Waals surface area contributed by atoms with E-state index in [9.17, 15) is 10.1 Å². The van der Waals surface area contributed by atoms with Gasteiger partial charge in [0.2, 0.25) is 0 Å². The topological polar surface area (TPSA) is 65.3 Å². The van der Waals surface area contributed by atoms with Gasteiger partial charge in [-0.3, -0.25) is 15.1 Å². The van der Waals surface area contributed by atoms with E-state index in [1.54, 1.807) is 30.5 Å². The van der Waals surface area contributed by atoms with Crippen LogP contribution in [0.15, 0.2) is 42.6 Å². The number of nitrogens with zero attached hydrogens (tertiary/aromatic N) is 2. The van der Waals surface area contributed by atoms with Crippen molar-refractivity contribution < 1.29 is 9.66 Å². The van der Waals surface area contributed by atoms with Crippen LogP contribution in [0, 0.1) is 10.1 Å². The molecule has 0 amide bonds. The Balaban J connectivity index is 2.18. The Bertz CT molecular complexity index is 575. The molecule has 0 aliphatic carbocycles. The summed E-state index contributed by atoms with van der Waals surface area (Å²) >= 11 is 3.27. The van der Waals surface area contributed by atoms with Crippen LogP contribution in [0.5, 0.6) is 5.75 Å². The van der Waals surface area contributed by atoms with Crippen molar-refractivity contribution in [2.45, 2.75) is 11.9 Å². The van der Waals surface area contributed by atoms with Crippen LogP contribution >= 0.6 is 15.9 Å². The summed E-state index contributed by atoms with van der Waals surface area (Å²) in [5.41, 5.74) is 1.52. The second-order valence-electron chi connectivity index (χ2n) is 3.80. The lowest BCUT2D eigenvalue weighted by Gasteiger charge is -2.07. The van der Waals surface area contributed by atoms with E-state index >= 15 is 0 Å². The van der Waals surface area contributed by atoms with Crippen LogP contribution in [0.25, 0.3) is 0 Å². The maximum absolute atomic E-state index is 11.0. The molecule has 1 aromatic carbocycles. The summed E-state index contributed by atoms with van der Waals surface area (Å²) in [4.78, 5) is 14.7. The molecule has 0 unspecified atom stereocenters. The molecule has 0 aliphatic heterocycles. The molecule has 5 nitrogen and oxygen atoms in total. The minimum Gasteiger partial charge on any atom is -0.480 e. The summed E-state index contributed by atoms with van der Waals surface area (Å²) in [6.07, 6.45) is 1.65. The van der Waals surface area contributed by atoms with Gasteiger partial charge in [-0.05, 0) is 23.8 Å². The zero-order chi connectivity index (χ0) is 13.7. The zero-order valence-electron chi connectivity index (χ0n) is 9.95. The molecular formula is C13H11BrN2O3. The minimum absolute atomic E-state index is 0.0344. The molecule has 0 atom stereocenters. The average molecular weight is 323 g/mol. The highest BCUT2D eigenvalue weighted by molar-refractivity contribution is 9.08. The molecule has 6 heteroatoms. The lowest BCUT2D eigenvalue weighted by atomic mass is 10.2. The van der Waals surface area contributed by atoms with Crippen molar-refractivity contribution in [3.63, 3.8) is 0 Å². The first-order valence-corrected chi connectivity index (χ1v) is 6.69. The second kappa shape index (κ2) is 6.29. The van der Waals surface area contributed by atoms with E-state index in [1.165, 1.54) is 6.07 Å². The SMILES string of the molecule is O=[N+]([O-])c1cc(CBr)ccc1OCc1ccccn1. The van der Waals surface area contributed by atoms with Gasteiger partial charge in [-0.1, -0.05) is 28.1 Å². The van der Waals surface area contributed by atoms with Gasteiger partial charge >= 0.3 is 5.69 Å². The van der Waals surface area contributed by atoms with Gasteiger partial charge in [0, 0.05) is 17.6 Å². The fourth-order valence-corrected chi connectivity index (χ4v) is 1.89. The molecule has 0 bridgehead atoms. The number of alkyl halides is 1. The number of aromatic nitrogens is 1. The molecule has 19 heavy (non-hydrogen) atoms. The highest BCUT2D eigenvalue weighted by atomic mass is 79.9. The Morgan fingerprint density at radius 2 is 2.16 bits per heavy atom. The molecular weight excluding hydrogens is 312 g/mol. The Morgan fingerprint density at radius 1 is 1.32 bits per heavy atom. The Kier molecular flexibility index (Phi) is 4.46. The molecule has 1 heterocycles. The number of nitro benzene ring substituents is 1. The van der Waals surface area contributed by atoms with Gasteiger partial charge in [0.15, 0.2) is 5.75 Å². The van der Waals surface area contributed by atoms with Gasteiger partial charge in [0.05, 0.1) is 10.6 Å². The van der Waals surface area contributed by atoms with E-state index in [0.29, 0.717) is 5.33 Å². The van der Waals surface area contributed by atoms with Gasteiger partial charge in [0.25, 0.3) is 0 Å². The third-order valence-corrected chi connectivity index (χ3v) is 3.12. The van der Waals surface area contributed by atoms with Crippen LogP contribution < -0.4 is 4.74 Å². The van der Waals surface area contributed by atoms with Crippen LogP contribution in [0.1, 0.15) is 11.3 Å². The fourth-order valence-electron chi connectivity index (χ4n) is 1.55. The van der Waals surface area contributed by atoms with Crippen LogP contribution in [-0.2, 0) is 11.9 Å². The molecule has 2 aromatic rings. The predicted molar refractivity (Wildman–Crippen MR) is 74.3 cm³/mol. The molecule has 0 saturated carbocycles. The number of ether oxygens (including phenoxy) is 1. The Labute approximate surface area is 118 Å². The first kappa shape index (κ1) is 13.5. The molecule has 0 N–H and O–H groups in total. The van der Waals surface area contributed by atoms with Gasteiger partial charge in [-0.2, -0.15) is 0 Å². The van der Waals surface area contributed by atoms with E-state index in [0.717, 1.165) is 11.3 Å². The van der Waals surface area contributed by atoms with Crippen molar-refractivity contribution in [2.75, 3.05) is 0 Å². The normalized spacial score (nSPS) is 10.2. The molecule has 1 aromatic heterocycles. The van der Waals surface area contributed by atoms with Crippen molar-refractivity contribution in [1.29, 1.82) is 0 Å². The number of rotatable bonds is 5. The van der Waals surface area contributed by atoms with Crippen LogP contribution in [0.2, 0.25) is 0 Å². The summed E-state index contributed by atoms with van der Waals surface area (Å²) in [7, 11) is 0. The number of nitro groups is 1.